The molecule has 6 nitrogen and oxygen atoms in total. The van der Waals surface area contributed by atoms with Gasteiger partial charge < -0.3 is 10.1 Å². The molecule has 4 rings (SSSR count). The van der Waals surface area contributed by atoms with E-state index in [1.54, 1.807) is 19.6 Å². The zero-order valence-corrected chi connectivity index (χ0v) is 15.5. The zero-order chi connectivity index (χ0) is 19.3. The predicted molar refractivity (Wildman–Crippen MR) is 109 cm³/mol. The molecule has 0 aliphatic heterocycles. The van der Waals surface area contributed by atoms with E-state index in [2.05, 4.69) is 15.3 Å². The maximum atomic E-state index is 12.3. The molecule has 0 radical (unpaired) electrons. The number of aromatic nitrogens is 3. The number of rotatable bonds is 6. The molecular formula is C22H20N4O2. The zero-order valence-electron chi connectivity index (χ0n) is 15.5. The molecule has 2 aromatic carbocycles. The fourth-order valence-corrected chi connectivity index (χ4v) is 3.12. The minimum atomic E-state index is -0.0471. The first-order valence-electron chi connectivity index (χ1n) is 9.05. The van der Waals surface area contributed by atoms with Crippen molar-refractivity contribution in [1.29, 1.82) is 0 Å². The Morgan fingerprint density at radius 2 is 1.93 bits per heavy atom. The average molecular weight is 372 g/mol. The summed E-state index contributed by atoms with van der Waals surface area (Å²) in [6.45, 7) is 0. The monoisotopic (exact) mass is 372 g/mol. The molecule has 0 aliphatic rings. The van der Waals surface area contributed by atoms with Crippen LogP contribution in [0.15, 0.2) is 73.2 Å². The number of carbonyl (C=O) groups is 1. The van der Waals surface area contributed by atoms with E-state index in [0.29, 0.717) is 12.8 Å². The van der Waals surface area contributed by atoms with Gasteiger partial charge in [0.15, 0.2) is 0 Å². The smallest absolute Gasteiger partial charge is 0.224 e. The van der Waals surface area contributed by atoms with Crippen LogP contribution in [0.3, 0.4) is 0 Å². The highest BCUT2D eigenvalue weighted by molar-refractivity contribution is 5.93. The quantitative estimate of drug-likeness (QED) is 0.555. The predicted octanol–water partition coefficient (Wildman–Crippen LogP) is 4.00. The summed E-state index contributed by atoms with van der Waals surface area (Å²) in [5.74, 6) is 0.725. The second-order valence-electron chi connectivity index (χ2n) is 6.36. The van der Waals surface area contributed by atoms with E-state index in [0.717, 1.165) is 33.9 Å². The summed E-state index contributed by atoms with van der Waals surface area (Å²) < 4.78 is 7.42. The lowest BCUT2D eigenvalue weighted by Crippen LogP contribution is -2.12. The fourth-order valence-electron chi connectivity index (χ4n) is 3.12. The molecule has 2 heterocycles. The van der Waals surface area contributed by atoms with Gasteiger partial charge in [-0.3, -0.25) is 14.3 Å². The molecule has 0 unspecified atom stereocenters. The lowest BCUT2D eigenvalue weighted by atomic mass is 10.2. The summed E-state index contributed by atoms with van der Waals surface area (Å²) in [5, 5.41) is 2.94. The van der Waals surface area contributed by atoms with Crippen molar-refractivity contribution >= 4 is 22.6 Å². The number of nitrogens with one attached hydrogen (secondary N) is 1. The minimum Gasteiger partial charge on any atom is -0.495 e. The van der Waals surface area contributed by atoms with E-state index in [9.17, 15) is 4.79 Å². The second kappa shape index (κ2) is 7.92. The second-order valence-corrected chi connectivity index (χ2v) is 6.36. The largest absolute Gasteiger partial charge is 0.495 e. The van der Waals surface area contributed by atoms with Crippen molar-refractivity contribution in [3.8, 4) is 11.4 Å². The van der Waals surface area contributed by atoms with Crippen molar-refractivity contribution in [3.05, 3.63) is 78.9 Å². The molecule has 0 atom stereocenters. The molecule has 0 saturated heterocycles. The van der Waals surface area contributed by atoms with Crippen molar-refractivity contribution < 1.29 is 9.53 Å². The third-order valence-electron chi connectivity index (χ3n) is 4.51. The summed E-state index contributed by atoms with van der Waals surface area (Å²) in [6.07, 6.45) is 4.48. The number of hydrogen-bond donors (Lipinski definition) is 1. The number of para-hydroxylation sites is 2. The van der Waals surface area contributed by atoms with Crippen LogP contribution in [0.1, 0.15) is 12.1 Å². The Morgan fingerprint density at radius 3 is 2.75 bits per heavy atom. The highest BCUT2D eigenvalue weighted by atomic mass is 16.5. The molecule has 0 aliphatic carbocycles. The topological polar surface area (TPSA) is 69.0 Å². The standard InChI is InChI=1S/C22H20N4O2/c1-28-21-8-3-2-7-20(21)26-15-24-18-14-17(9-11-19(18)26)25-22(27)12-10-16-6-4-5-13-23-16/h2-9,11,13-15H,10,12H2,1H3,(H,25,27). The van der Waals surface area contributed by atoms with E-state index in [1.807, 2.05) is 65.2 Å². The van der Waals surface area contributed by atoms with Gasteiger partial charge in [0.1, 0.15) is 12.1 Å². The van der Waals surface area contributed by atoms with Gasteiger partial charge in [-0.15, -0.1) is 0 Å². The number of pyridine rings is 1. The number of hydrogen-bond acceptors (Lipinski definition) is 4. The molecule has 4 aromatic rings. The number of anilines is 1. The highest BCUT2D eigenvalue weighted by Crippen LogP contribution is 2.27. The number of benzene rings is 2. The number of nitrogens with zero attached hydrogens (tertiary/aromatic N) is 3. The Labute approximate surface area is 162 Å². The molecule has 1 amide bonds. The summed E-state index contributed by atoms with van der Waals surface area (Å²) in [6, 6.07) is 19.2. The molecule has 28 heavy (non-hydrogen) atoms. The van der Waals surface area contributed by atoms with Gasteiger partial charge in [-0.1, -0.05) is 18.2 Å². The Bertz CT molecular complexity index is 1110. The van der Waals surface area contributed by atoms with E-state index in [4.69, 9.17) is 4.74 Å². The van der Waals surface area contributed by atoms with Gasteiger partial charge in [0, 0.05) is 24.0 Å². The van der Waals surface area contributed by atoms with Crippen molar-refractivity contribution in [3.63, 3.8) is 0 Å². The Kier molecular flexibility index (Phi) is 5.01. The number of ether oxygens (including phenoxy) is 1. The van der Waals surface area contributed by atoms with E-state index in [1.165, 1.54) is 0 Å². The Morgan fingerprint density at radius 1 is 1.07 bits per heavy atom. The third kappa shape index (κ3) is 3.71. The Hall–Kier alpha value is -3.67. The van der Waals surface area contributed by atoms with Crippen LogP contribution in [0, 0.1) is 0 Å². The molecule has 1 N–H and O–H groups in total. The first-order chi connectivity index (χ1) is 13.7. The molecule has 0 fully saturated rings. The molecule has 2 aromatic heterocycles. The normalized spacial score (nSPS) is 10.8. The fraction of sp³-hybridized carbons (Fsp3) is 0.136. The van der Waals surface area contributed by atoms with Crippen LogP contribution in [-0.2, 0) is 11.2 Å². The van der Waals surface area contributed by atoms with Gasteiger partial charge in [-0.05, 0) is 48.9 Å². The lowest BCUT2D eigenvalue weighted by Gasteiger charge is -2.10. The first kappa shape index (κ1) is 17.7. The van der Waals surface area contributed by atoms with Gasteiger partial charge >= 0.3 is 0 Å². The molecule has 140 valence electrons. The van der Waals surface area contributed by atoms with Gasteiger partial charge in [-0.25, -0.2) is 4.98 Å². The number of carbonyl (C=O) groups excluding carboxylic acids is 1. The third-order valence-corrected chi connectivity index (χ3v) is 4.51. The molecular weight excluding hydrogens is 352 g/mol. The molecule has 0 bridgehead atoms. The number of amides is 1. The maximum absolute atomic E-state index is 12.3. The molecule has 0 saturated carbocycles. The number of imidazole rings is 1. The average Bonchev–Trinajstić information content (AvgIpc) is 3.16. The summed E-state index contributed by atoms with van der Waals surface area (Å²) in [5.41, 5.74) is 4.29. The van der Waals surface area contributed by atoms with Crippen LogP contribution >= 0.6 is 0 Å². The van der Waals surface area contributed by atoms with Crippen LogP contribution in [-0.4, -0.2) is 27.6 Å². The van der Waals surface area contributed by atoms with Crippen LogP contribution in [0.2, 0.25) is 0 Å². The lowest BCUT2D eigenvalue weighted by molar-refractivity contribution is -0.116. The molecule has 0 spiro atoms. The van der Waals surface area contributed by atoms with Gasteiger partial charge in [0.05, 0.1) is 23.8 Å². The van der Waals surface area contributed by atoms with Crippen LogP contribution in [0.25, 0.3) is 16.7 Å². The number of fused-ring (bicyclic) bond motifs is 1. The summed E-state index contributed by atoms with van der Waals surface area (Å²) in [4.78, 5) is 21.0. The van der Waals surface area contributed by atoms with Gasteiger partial charge in [0.25, 0.3) is 0 Å². The van der Waals surface area contributed by atoms with E-state index < -0.39 is 0 Å². The van der Waals surface area contributed by atoms with Crippen molar-refractivity contribution in [2.75, 3.05) is 12.4 Å². The van der Waals surface area contributed by atoms with E-state index in [-0.39, 0.29) is 5.91 Å². The summed E-state index contributed by atoms with van der Waals surface area (Å²) >= 11 is 0. The highest BCUT2D eigenvalue weighted by Gasteiger charge is 2.10. The van der Waals surface area contributed by atoms with Gasteiger partial charge in [-0.2, -0.15) is 0 Å². The summed E-state index contributed by atoms with van der Waals surface area (Å²) in [7, 11) is 1.65. The van der Waals surface area contributed by atoms with Crippen molar-refractivity contribution in [2.24, 2.45) is 0 Å². The van der Waals surface area contributed by atoms with Crippen LogP contribution in [0.5, 0.6) is 5.75 Å². The van der Waals surface area contributed by atoms with Crippen molar-refractivity contribution in [2.45, 2.75) is 12.8 Å². The van der Waals surface area contributed by atoms with Crippen molar-refractivity contribution in [1.82, 2.24) is 14.5 Å². The SMILES string of the molecule is COc1ccccc1-n1cnc2cc(NC(=O)CCc3ccccn3)ccc21. The van der Waals surface area contributed by atoms with Gasteiger partial charge in [0.2, 0.25) is 5.91 Å². The first-order valence-corrected chi connectivity index (χ1v) is 9.05. The maximum Gasteiger partial charge on any atom is 0.224 e. The number of methoxy groups -OCH3 is 1. The Balaban J connectivity index is 1.50. The van der Waals surface area contributed by atoms with Crippen LogP contribution in [0.4, 0.5) is 5.69 Å². The van der Waals surface area contributed by atoms with E-state index >= 15 is 0 Å². The van der Waals surface area contributed by atoms with Crippen LogP contribution < -0.4 is 10.1 Å². The minimum absolute atomic E-state index is 0.0471. The number of aryl methyl sites for hydroxylation is 1. The molecule has 6 heteroatoms.